The van der Waals surface area contributed by atoms with Gasteiger partial charge < -0.3 is 20.6 Å². The predicted octanol–water partition coefficient (Wildman–Crippen LogP) is 1.51. The Labute approximate surface area is 140 Å². The molecule has 0 atom stereocenters. The van der Waals surface area contributed by atoms with E-state index in [1.54, 1.807) is 34.6 Å². The zero-order valence-corrected chi connectivity index (χ0v) is 14.5. The predicted molar refractivity (Wildman–Crippen MR) is 86.7 cm³/mol. The highest BCUT2D eigenvalue weighted by atomic mass is 16.5. The lowest BCUT2D eigenvalue weighted by atomic mass is 9.97. The molecule has 9 nitrogen and oxygen atoms in total. The third kappa shape index (κ3) is 4.03. The lowest BCUT2D eigenvalue weighted by Crippen LogP contribution is -2.45. The van der Waals surface area contributed by atoms with Crippen LogP contribution in [-0.2, 0) is 9.53 Å². The highest BCUT2D eigenvalue weighted by molar-refractivity contribution is 6.10. The number of rotatable bonds is 4. The van der Waals surface area contributed by atoms with E-state index in [4.69, 9.17) is 10.1 Å². The number of alkyl carbamates (subject to hydrolysis) is 1. The van der Waals surface area contributed by atoms with Gasteiger partial charge in [0.1, 0.15) is 5.82 Å². The number of nitrogens with one attached hydrogen (secondary N) is 3. The Hall–Kier alpha value is -2.58. The van der Waals surface area contributed by atoms with E-state index in [1.807, 2.05) is 0 Å². The van der Waals surface area contributed by atoms with E-state index in [9.17, 15) is 19.5 Å². The summed E-state index contributed by atoms with van der Waals surface area (Å²) < 4.78 is 4.80. The van der Waals surface area contributed by atoms with Gasteiger partial charge in [0.2, 0.25) is 5.91 Å². The first-order valence-corrected chi connectivity index (χ1v) is 7.60. The molecule has 0 spiro atoms. The van der Waals surface area contributed by atoms with Crippen molar-refractivity contribution < 1.29 is 24.2 Å². The van der Waals surface area contributed by atoms with E-state index < -0.39 is 17.7 Å². The van der Waals surface area contributed by atoms with Crippen molar-refractivity contribution in [3.8, 4) is 0 Å². The number of carbonyl (C=O) groups excluding carboxylic acids is 2. The van der Waals surface area contributed by atoms with Gasteiger partial charge in [-0.25, -0.2) is 9.59 Å². The van der Waals surface area contributed by atoms with Gasteiger partial charge in [-0.1, -0.05) is 13.8 Å². The summed E-state index contributed by atoms with van der Waals surface area (Å²) in [5.74, 6) is -0.744. The minimum absolute atomic E-state index is 0.000699. The smallest absolute Gasteiger partial charge is 0.412 e. The molecular weight excluding hydrogens is 316 g/mol. The van der Waals surface area contributed by atoms with E-state index in [0.717, 1.165) is 4.90 Å². The summed E-state index contributed by atoms with van der Waals surface area (Å²) in [6.07, 6.45) is -1.98. The molecule has 1 aliphatic heterocycles. The maximum Gasteiger partial charge on any atom is 0.412 e. The van der Waals surface area contributed by atoms with Crippen LogP contribution in [0.15, 0.2) is 11.4 Å². The van der Waals surface area contributed by atoms with Crippen molar-refractivity contribution in [3.05, 3.63) is 11.4 Å². The average molecular weight is 340 g/mol. The number of carboxylic acid groups (broad SMARTS) is 1. The number of carbonyl (C=O) groups is 3. The van der Waals surface area contributed by atoms with Crippen LogP contribution in [-0.4, -0.2) is 52.5 Å². The number of hydrogen-bond acceptors (Lipinski definition) is 5. The SMILES string of the molecule is CCOC(=O)N/C(NC(=O)C(C)C)=C1/CN(C(=O)O)C(C)(C)C1=N. The fourth-order valence-corrected chi connectivity index (χ4v) is 2.17. The van der Waals surface area contributed by atoms with Gasteiger partial charge in [-0.2, -0.15) is 0 Å². The van der Waals surface area contributed by atoms with Crippen molar-refractivity contribution in [3.63, 3.8) is 0 Å². The van der Waals surface area contributed by atoms with E-state index in [-0.39, 0.29) is 42.1 Å². The summed E-state index contributed by atoms with van der Waals surface area (Å²) in [4.78, 5) is 36.2. The molecule has 4 N–H and O–H groups in total. The summed E-state index contributed by atoms with van der Waals surface area (Å²) in [6.45, 7) is 8.17. The molecule has 0 aliphatic carbocycles. The quantitative estimate of drug-likeness (QED) is 0.616. The van der Waals surface area contributed by atoms with Crippen molar-refractivity contribution >= 4 is 23.8 Å². The molecule has 0 aromatic carbocycles. The summed E-state index contributed by atoms with van der Waals surface area (Å²) in [7, 11) is 0. The molecule has 24 heavy (non-hydrogen) atoms. The standard InChI is InChI=1S/C15H24N4O5/c1-6-24-13(21)18-11(17-12(20)8(2)3)9-7-19(14(22)23)15(4,5)10(9)16/h8,16H,6-7H2,1-5H3,(H,17,20)(H,18,21)(H,22,23)/b11-9-,16-10?. The van der Waals surface area contributed by atoms with Crippen molar-refractivity contribution in [1.29, 1.82) is 5.41 Å². The molecule has 1 saturated heterocycles. The number of amides is 3. The molecule has 134 valence electrons. The fourth-order valence-electron chi connectivity index (χ4n) is 2.17. The van der Waals surface area contributed by atoms with E-state index in [0.29, 0.717) is 0 Å². The molecule has 0 radical (unpaired) electrons. The van der Waals surface area contributed by atoms with Crippen LogP contribution in [0.2, 0.25) is 0 Å². The number of likely N-dealkylation sites (tertiary alicyclic amines) is 1. The Morgan fingerprint density at radius 2 is 1.92 bits per heavy atom. The van der Waals surface area contributed by atoms with Crippen LogP contribution in [0.3, 0.4) is 0 Å². The van der Waals surface area contributed by atoms with E-state index in [2.05, 4.69) is 10.6 Å². The second-order valence-corrected chi connectivity index (χ2v) is 6.15. The summed E-state index contributed by atoms with van der Waals surface area (Å²) in [6, 6.07) is 0. The highest BCUT2D eigenvalue weighted by Crippen LogP contribution is 2.30. The third-order valence-corrected chi connectivity index (χ3v) is 3.71. The monoisotopic (exact) mass is 340 g/mol. The molecule has 9 heteroatoms. The number of nitrogens with zero attached hydrogens (tertiary/aromatic N) is 1. The fraction of sp³-hybridized carbons (Fsp3) is 0.600. The minimum atomic E-state index is -1.19. The van der Waals surface area contributed by atoms with Crippen LogP contribution in [0.25, 0.3) is 0 Å². The maximum atomic E-state index is 12.0. The zero-order chi connectivity index (χ0) is 18.7. The molecule has 0 saturated carbocycles. The molecule has 3 amide bonds. The van der Waals surface area contributed by atoms with Crippen LogP contribution >= 0.6 is 0 Å². The summed E-state index contributed by atoms with van der Waals surface area (Å²) in [5, 5.41) is 22.5. The van der Waals surface area contributed by atoms with Gasteiger partial charge in [0.25, 0.3) is 0 Å². The topological polar surface area (TPSA) is 132 Å². The third-order valence-electron chi connectivity index (χ3n) is 3.71. The van der Waals surface area contributed by atoms with Gasteiger partial charge in [-0.3, -0.25) is 15.0 Å². The van der Waals surface area contributed by atoms with Gasteiger partial charge in [0.15, 0.2) is 0 Å². The molecule has 0 unspecified atom stereocenters. The molecule has 1 heterocycles. The molecule has 0 aromatic heterocycles. The molecule has 0 bridgehead atoms. The second-order valence-electron chi connectivity index (χ2n) is 6.15. The lowest BCUT2D eigenvalue weighted by Gasteiger charge is -2.27. The van der Waals surface area contributed by atoms with Crippen molar-refractivity contribution in [1.82, 2.24) is 15.5 Å². The summed E-state index contributed by atoms with van der Waals surface area (Å²) >= 11 is 0. The Morgan fingerprint density at radius 3 is 2.33 bits per heavy atom. The van der Waals surface area contributed by atoms with E-state index in [1.165, 1.54) is 0 Å². The molecular formula is C15H24N4O5. The van der Waals surface area contributed by atoms with Crippen LogP contribution in [0.5, 0.6) is 0 Å². The van der Waals surface area contributed by atoms with Gasteiger partial charge in [0, 0.05) is 11.5 Å². The average Bonchev–Trinajstić information content (AvgIpc) is 2.69. The van der Waals surface area contributed by atoms with Crippen LogP contribution in [0.1, 0.15) is 34.6 Å². The molecule has 1 aliphatic rings. The van der Waals surface area contributed by atoms with Crippen molar-refractivity contribution in [2.75, 3.05) is 13.2 Å². The number of hydrogen-bond donors (Lipinski definition) is 4. The Morgan fingerprint density at radius 1 is 1.33 bits per heavy atom. The molecule has 1 fully saturated rings. The van der Waals surface area contributed by atoms with E-state index >= 15 is 0 Å². The van der Waals surface area contributed by atoms with Crippen LogP contribution in [0, 0.1) is 11.3 Å². The van der Waals surface area contributed by atoms with Gasteiger partial charge in [-0.05, 0) is 20.8 Å². The highest BCUT2D eigenvalue weighted by Gasteiger charge is 2.45. The Kier molecular flexibility index (Phi) is 5.94. The van der Waals surface area contributed by atoms with Crippen LogP contribution < -0.4 is 10.6 Å². The van der Waals surface area contributed by atoms with Crippen LogP contribution in [0.4, 0.5) is 9.59 Å². The number of ether oxygens (including phenoxy) is 1. The van der Waals surface area contributed by atoms with Crippen molar-refractivity contribution in [2.45, 2.75) is 40.2 Å². The largest absolute Gasteiger partial charge is 0.465 e. The summed E-state index contributed by atoms with van der Waals surface area (Å²) in [5.41, 5.74) is -0.851. The van der Waals surface area contributed by atoms with Gasteiger partial charge in [0.05, 0.1) is 24.4 Å². The lowest BCUT2D eigenvalue weighted by molar-refractivity contribution is -0.123. The Bertz CT molecular complexity index is 595. The van der Waals surface area contributed by atoms with Crippen molar-refractivity contribution in [2.24, 2.45) is 5.92 Å². The maximum absolute atomic E-state index is 12.0. The van der Waals surface area contributed by atoms with Gasteiger partial charge in [-0.15, -0.1) is 0 Å². The van der Waals surface area contributed by atoms with Gasteiger partial charge >= 0.3 is 12.2 Å². The minimum Gasteiger partial charge on any atom is -0.465 e. The zero-order valence-electron chi connectivity index (χ0n) is 14.5. The first kappa shape index (κ1) is 19.5. The second kappa shape index (κ2) is 7.33. The first-order valence-electron chi connectivity index (χ1n) is 7.60. The first-order chi connectivity index (χ1) is 11.0. The molecule has 0 aromatic rings. The molecule has 1 rings (SSSR count). The Balaban J connectivity index is 3.26. The normalized spacial score (nSPS) is 18.4.